The minimum absolute atomic E-state index is 0.178. The Morgan fingerprint density at radius 2 is 1.67 bits per heavy atom. The van der Waals surface area contributed by atoms with E-state index in [9.17, 15) is 13.5 Å². The highest BCUT2D eigenvalue weighted by Gasteiger charge is 2.19. The first kappa shape index (κ1) is 16.2. The SMILES string of the molecule is O=S(=O)(NC(CO)Cc1ccccc1)c1ccc(Br)cc1. The van der Waals surface area contributed by atoms with Crippen LogP contribution in [0.2, 0.25) is 0 Å². The van der Waals surface area contributed by atoms with Crippen molar-refractivity contribution in [2.75, 3.05) is 6.61 Å². The van der Waals surface area contributed by atoms with Crippen LogP contribution in [0, 0.1) is 0 Å². The summed E-state index contributed by atoms with van der Waals surface area (Å²) in [5.41, 5.74) is 0.968. The molecule has 0 aliphatic carbocycles. The van der Waals surface area contributed by atoms with Crippen LogP contribution in [0.5, 0.6) is 0 Å². The number of hydrogen-bond donors (Lipinski definition) is 2. The highest BCUT2D eigenvalue weighted by Crippen LogP contribution is 2.15. The van der Waals surface area contributed by atoms with Crippen LogP contribution in [0.3, 0.4) is 0 Å². The van der Waals surface area contributed by atoms with Crippen molar-refractivity contribution in [1.82, 2.24) is 4.72 Å². The maximum atomic E-state index is 12.3. The molecule has 4 nitrogen and oxygen atoms in total. The summed E-state index contributed by atoms with van der Waals surface area (Å²) in [6, 6.07) is 15.3. The van der Waals surface area contributed by atoms with Crippen LogP contribution in [-0.2, 0) is 16.4 Å². The lowest BCUT2D eigenvalue weighted by molar-refractivity contribution is 0.256. The van der Waals surface area contributed by atoms with Gasteiger partial charge in [0.1, 0.15) is 0 Å². The zero-order chi connectivity index (χ0) is 15.3. The largest absolute Gasteiger partial charge is 0.395 e. The number of halogens is 1. The lowest BCUT2D eigenvalue weighted by Crippen LogP contribution is -2.39. The molecule has 0 radical (unpaired) electrons. The van der Waals surface area contributed by atoms with E-state index in [2.05, 4.69) is 20.7 Å². The van der Waals surface area contributed by atoms with Crippen molar-refractivity contribution < 1.29 is 13.5 Å². The summed E-state index contributed by atoms with van der Waals surface area (Å²) in [6.07, 6.45) is 0.438. The highest BCUT2D eigenvalue weighted by molar-refractivity contribution is 9.10. The minimum atomic E-state index is -3.64. The Balaban J connectivity index is 2.12. The minimum Gasteiger partial charge on any atom is -0.395 e. The topological polar surface area (TPSA) is 66.4 Å². The zero-order valence-corrected chi connectivity index (χ0v) is 13.6. The van der Waals surface area contributed by atoms with E-state index in [0.29, 0.717) is 6.42 Å². The quantitative estimate of drug-likeness (QED) is 0.820. The fourth-order valence-electron chi connectivity index (χ4n) is 1.94. The Hall–Kier alpha value is -1.21. The molecule has 0 saturated heterocycles. The molecule has 2 rings (SSSR count). The fourth-order valence-corrected chi connectivity index (χ4v) is 3.43. The summed E-state index contributed by atoms with van der Waals surface area (Å²) in [5, 5.41) is 9.41. The summed E-state index contributed by atoms with van der Waals surface area (Å²) in [5.74, 6) is 0. The Bertz CT molecular complexity index is 672. The van der Waals surface area contributed by atoms with Gasteiger partial charge in [0.2, 0.25) is 10.0 Å². The number of benzene rings is 2. The summed E-state index contributed by atoms with van der Waals surface area (Å²) >= 11 is 3.27. The highest BCUT2D eigenvalue weighted by atomic mass is 79.9. The van der Waals surface area contributed by atoms with Gasteiger partial charge in [-0.3, -0.25) is 0 Å². The molecule has 0 aromatic heterocycles. The van der Waals surface area contributed by atoms with Crippen molar-refractivity contribution in [3.8, 4) is 0 Å². The van der Waals surface area contributed by atoms with Crippen LogP contribution in [-0.4, -0.2) is 26.2 Å². The van der Waals surface area contributed by atoms with Gasteiger partial charge in [-0.05, 0) is 36.2 Å². The van der Waals surface area contributed by atoms with E-state index >= 15 is 0 Å². The van der Waals surface area contributed by atoms with E-state index in [1.54, 1.807) is 12.1 Å². The van der Waals surface area contributed by atoms with Gasteiger partial charge in [-0.25, -0.2) is 13.1 Å². The monoisotopic (exact) mass is 369 g/mol. The maximum Gasteiger partial charge on any atom is 0.240 e. The third kappa shape index (κ3) is 4.64. The third-order valence-electron chi connectivity index (χ3n) is 2.99. The summed E-state index contributed by atoms with van der Waals surface area (Å²) < 4.78 is 27.9. The molecular formula is C15H16BrNO3S. The molecule has 0 aliphatic heterocycles. The van der Waals surface area contributed by atoms with Gasteiger partial charge in [-0.1, -0.05) is 46.3 Å². The molecule has 112 valence electrons. The summed E-state index contributed by atoms with van der Waals surface area (Å²) in [4.78, 5) is 0.178. The Morgan fingerprint density at radius 1 is 1.05 bits per heavy atom. The zero-order valence-electron chi connectivity index (χ0n) is 11.2. The maximum absolute atomic E-state index is 12.3. The smallest absolute Gasteiger partial charge is 0.240 e. The predicted molar refractivity (Wildman–Crippen MR) is 85.5 cm³/mol. The van der Waals surface area contributed by atoms with Gasteiger partial charge in [-0.2, -0.15) is 0 Å². The lowest BCUT2D eigenvalue weighted by atomic mass is 10.1. The van der Waals surface area contributed by atoms with E-state index in [4.69, 9.17) is 0 Å². The molecule has 1 atom stereocenters. The number of sulfonamides is 1. The van der Waals surface area contributed by atoms with Crippen molar-refractivity contribution >= 4 is 26.0 Å². The molecule has 0 saturated carbocycles. The first-order chi connectivity index (χ1) is 10.0. The van der Waals surface area contributed by atoms with Gasteiger partial charge in [0.05, 0.1) is 11.5 Å². The van der Waals surface area contributed by atoms with Crippen LogP contribution in [0.25, 0.3) is 0 Å². The van der Waals surface area contributed by atoms with E-state index in [1.807, 2.05) is 30.3 Å². The first-order valence-electron chi connectivity index (χ1n) is 6.44. The van der Waals surface area contributed by atoms with Crippen LogP contribution in [0.1, 0.15) is 5.56 Å². The van der Waals surface area contributed by atoms with Crippen LogP contribution in [0.15, 0.2) is 64.0 Å². The number of nitrogens with one attached hydrogen (secondary N) is 1. The Labute approximate surface area is 133 Å². The van der Waals surface area contributed by atoms with Crippen LogP contribution >= 0.6 is 15.9 Å². The second-order valence-corrected chi connectivity index (χ2v) is 7.27. The fraction of sp³-hybridized carbons (Fsp3) is 0.200. The Kier molecular flexibility index (Phi) is 5.52. The van der Waals surface area contributed by atoms with Crippen molar-refractivity contribution in [1.29, 1.82) is 0 Å². The molecule has 2 aromatic rings. The van der Waals surface area contributed by atoms with Gasteiger partial charge in [0.15, 0.2) is 0 Å². The van der Waals surface area contributed by atoms with Gasteiger partial charge in [-0.15, -0.1) is 0 Å². The van der Waals surface area contributed by atoms with Crippen LogP contribution < -0.4 is 4.72 Å². The molecule has 6 heteroatoms. The van der Waals surface area contributed by atoms with E-state index in [-0.39, 0.29) is 11.5 Å². The molecule has 2 aromatic carbocycles. The summed E-state index contributed by atoms with van der Waals surface area (Å²) in [6.45, 7) is -0.259. The van der Waals surface area contributed by atoms with E-state index in [1.165, 1.54) is 12.1 Å². The molecule has 2 N–H and O–H groups in total. The number of aliphatic hydroxyl groups excluding tert-OH is 1. The first-order valence-corrected chi connectivity index (χ1v) is 8.71. The van der Waals surface area contributed by atoms with Crippen molar-refractivity contribution in [3.05, 3.63) is 64.6 Å². The summed E-state index contributed by atoms with van der Waals surface area (Å²) in [7, 11) is -3.64. The molecule has 0 spiro atoms. The lowest BCUT2D eigenvalue weighted by Gasteiger charge is -2.16. The number of aliphatic hydroxyl groups is 1. The molecule has 0 fully saturated rings. The molecule has 1 unspecified atom stereocenters. The van der Waals surface area contributed by atoms with Gasteiger partial charge >= 0.3 is 0 Å². The van der Waals surface area contributed by atoms with Gasteiger partial charge < -0.3 is 5.11 Å². The molecule has 21 heavy (non-hydrogen) atoms. The standard InChI is InChI=1S/C15H16BrNO3S/c16-13-6-8-15(9-7-13)21(19,20)17-14(11-18)10-12-4-2-1-3-5-12/h1-9,14,17-18H,10-11H2. The average Bonchev–Trinajstić information content (AvgIpc) is 2.48. The predicted octanol–water partition coefficient (Wildman–Crippen LogP) is 2.33. The Morgan fingerprint density at radius 3 is 2.24 bits per heavy atom. The third-order valence-corrected chi connectivity index (χ3v) is 5.06. The number of hydrogen-bond acceptors (Lipinski definition) is 3. The number of rotatable bonds is 6. The molecular weight excluding hydrogens is 354 g/mol. The van der Waals surface area contributed by atoms with Gasteiger partial charge in [0.25, 0.3) is 0 Å². The van der Waals surface area contributed by atoms with Crippen molar-refractivity contribution in [2.24, 2.45) is 0 Å². The van der Waals surface area contributed by atoms with E-state index in [0.717, 1.165) is 10.0 Å². The van der Waals surface area contributed by atoms with Crippen molar-refractivity contribution in [2.45, 2.75) is 17.4 Å². The molecule has 0 aliphatic rings. The van der Waals surface area contributed by atoms with Gasteiger partial charge in [0, 0.05) is 10.5 Å². The molecule has 0 heterocycles. The van der Waals surface area contributed by atoms with Crippen molar-refractivity contribution in [3.63, 3.8) is 0 Å². The molecule has 0 bridgehead atoms. The normalized spacial score (nSPS) is 13.0. The second kappa shape index (κ2) is 7.17. The molecule has 0 amide bonds. The van der Waals surface area contributed by atoms with Crippen LogP contribution in [0.4, 0.5) is 0 Å². The second-order valence-electron chi connectivity index (χ2n) is 4.64. The van der Waals surface area contributed by atoms with E-state index < -0.39 is 16.1 Å². The average molecular weight is 370 g/mol.